The molecule has 2 fully saturated rings. The van der Waals surface area contributed by atoms with Crippen LogP contribution in [0.5, 0.6) is 0 Å². The number of esters is 1. The molecular weight excluding hydrogens is 577 g/mol. The van der Waals surface area contributed by atoms with E-state index in [2.05, 4.69) is 108 Å². The van der Waals surface area contributed by atoms with E-state index in [0.29, 0.717) is 23.7 Å². The molecule has 0 amide bonds. The van der Waals surface area contributed by atoms with Crippen molar-refractivity contribution in [2.75, 3.05) is 20.3 Å². The van der Waals surface area contributed by atoms with E-state index in [1.807, 2.05) is 0 Å². The second-order valence-electron chi connectivity index (χ2n) is 18.6. The lowest BCUT2D eigenvalue weighted by Gasteiger charge is -2.58. The quantitative estimate of drug-likeness (QED) is 0.103. The zero-order chi connectivity index (χ0) is 33.5. The van der Waals surface area contributed by atoms with Crippen molar-refractivity contribution < 1.29 is 18.4 Å². The number of fused-ring (bicyclic) bond motifs is 1. The van der Waals surface area contributed by atoms with Gasteiger partial charge in [0.15, 0.2) is 16.6 Å². The third kappa shape index (κ3) is 7.71. The molecule has 0 aromatic heterocycles. The Hall–Kier alpha value is -0.696. The maximum absolute atomic E-state index is 11.9. The van der Waals surface area contributed by atoms with E-state index in [0.717, 1.165) is 25.6 Å². The number of ether oxygens (including phenoxy) is 1. The molecule has 3 aliphatic rings. The Bertz CT molecular complexity index is 1060. The maximum atomic E-state index is 11.9. The van der Waals surface area contributed by atoms with Gasteiger partial charge < -0.3 is 13.6 Å². The van der Waals surface area contributed by atoms with Gasteiger partial charge in [-0.1, -0.05) is 93.4 Å². The smallest absolute Gasteiger partial charge is 0.330 e. The second-order valence-corrected chi connectivity index (χ2v) is 28.2. The average molecular weight is 647 g/mol. The van der Waals surface area contributed by atoms with Crippen molar-refractivity contribution in [2.24, 2.45) is 46.3 Å². The molecule has 2 unspecified atom stereocenters. The molecule has 0 aromatic carbocycles. The van der Waals surface area contributed by atoms with Crippen LogP contribution >= 0.6 is 0 Å². The van der Waals surface area contributed by atoms with E-state index in [1.54, 1.807) is 6.08 Å². The van der Waals surface area contributed by atoms with E-state index < -0.39 is 16.6 Å². The van der Waals surface area contributed by atoms with E-state index in [9.17, 15) is 4.79 Å². The third-order valence-electron chi connectivity index (χ3n) is 13.8. The molecule has 0 radical (unpaired) electrons. The molecule has 0 spiro atoms. The van der Waals surface area contributed by atoms with Gasteiger partial charge in [-0.25, -0.2) is 4.79 Å². The largest absolute Gasteiger partial charge is 0.466 e. The van der Waals surface area contributed by atoms with Crippen LogP contribution in [-0.4, -0.2) is 42.9 Å². The van der Waals surface area contributed by atoms with Gasteiger partial charge in [-0.2, -0.15) is 0 Å². The van der Waals surface area contributed by atoms with Crippen molar-refractivity contribution in [2.45, 2.75) is 144 Å². The Morgan fingerprint density at radius 3 is 2.07 bits per heavy atom. The van der Waals surface area contributed by atoms with Gasteiger partial charge in [0.2, 0.25) is 0 Å². The van der Waals surface area contributed by atoms with Crippen LogP contribution in [-0.2, 0) is 18.4 Å². The zero-order valence-electron chi connectivity index (χ0n) is 31.5. The van der Waals surface area contributed by atoms with Crippen LogP contribution in [0.2, 0.25) is 36.3 Å². The van der Waals surface area contributed by atoms with Crippen LogP contribution in [0.3, 0.4) is 0 Å². The Balaban J connectivity index is 1.98. The van der Waals surface area contributed by atoms with Crippen molar-refractivity contribution in [1.29, 1.82) is 0 Å². The van der Waals surface area contributed by atoms with Gasteiger partial charge in [-0.05, 0) is 115 Å². The fourth-order valence-electron chi connectivity index (χ4n) is 8.47. The first-order valence-electron chi connectivity index (χ1n) is 17.7. The summed E-state index contributed by atoms with van der Waals surface area (Å²) in [6.07, 6.45) is 13.7. The fraction of sp³-hybridized carbons (Fsp3) is 0.868. The third-order valence-corrected chi connectivity index (χ3v) is 22.8. The Labute approximate surface area is 274 Å². The number of methoxy groups -OCH3 is 1. The van der Waals surface area contributed by atoms with E-state index in [-0.39, 0.29) is 32.8 Å². The molecule has 3 aliphatic carbocycles. The Morgan fingerprint density at radius 2 is 1.52 bits per heavy atom. The molecular formula is C38H70O4Si2. The summed E-state index contributed by atoms with van der Waals surface area (Å²) in [5.74, 6) is 3.00. The van der Waals surface area contributed by atoms with Crippen LogP contribution in [0.4, 0.5) is 0 Å². The van der Waals surface area contributed by atoms with Gasteiger partial charge in [-0.3, -0.25) is 0 Å². The van der Waals surface area contributed by atoms with E-state index in [4.69, 9.17) is 13.6 Å². The predicted molar refractivity (Wildman–Crippen MR) is 192 cm³/mol. The van der Waals surface area contributed by atoms with Gasteiger partial charge in [0, 0.05) is 19.3 Å². The topological polar surface area (TPSA) is 44.8 Å². The molecule has 6 heteroatoms. The standard InChI is InChI=1S/C38H70O4Si2/c1-27-20-22-37(9,29(24-27)25-41-43(12,13)35(3,4)5)33-21-23-38(10)31(28(2)16-19-34(39)40-11)17-18-32(38)30(33)26-42-44(14,15)36(6,7)8/h16-17,19,27-30,32-33H,18,20-26H2,1-15H3/b19-16+/t27-,28+,29+,30-,32?,33?,37-,38+/m0/s1. The number of allylic oxidation sites excluding steroid dienone is 3. The van der Waals surface area contributed by atoms with Crippen molar-refractivity contribution in [3.63, 3.8) is 0 Å². The van der Waals surface area contributed by atoms with Crippen molar-refractivity contribution in [1.82, 2.24) is 0 Å². The van der Waals surface area contributed by atoms with Crippen molar-refractivity contribution in [3.05, 3.63) is 23.8 Å². The highest BCUT2D eigenvalue weighted by Crippen LogP contribution is 2.64. The highest BCUT2D eigenvalue weighted by Gasteiger charge is 2.57. The minimum Gasteiger partial charge on any atom is -0.466 e. The predicted octanol–water partition coefficient (Wildman–Crippen LogP) is 10.8. The molecule has 0 aliphatic heterocycles. The molecule has 4 nitrogen and oxygen atoms in total. The Morgan fingerprint density at radius 1 is 0.955 bits per heavy atom. The van der Waals surface area contributed by atoms with Crippen LogP contribution < -0.4 is 0 Å². The number of rotatable bonds is 10. The highest BCUT2D eigenvalue weighted by molar-refractivity contribution is 6.74. The molecule has 0 N–H and O–H groups in total. The summed E-state index contributed by atoms with van der Waals surface area (Å²) >= 11 is 0. The summed E-state index contributed by atoms with van der Waals surface area (Å²) < 4.78 is 19.1. The minimum absolute atomic E-state index is 0.128. The summed E-state index contributed by atoms with van der Waals surface area (Å²) in [7, 11) is -2.31. The molecule has 44 heavy (non-hydrogen) atoms. The molecule has 0 saturated heterocycles. The molecule has 0 aromatic rings. The number of carbonyl (C=O) groups excluding carboxylic acids is 1. The van der Waals surface area contributed by atoms with E-state index in [1.165, 1.54) is 44.8 Å². The molecule has 0 bridgehead atoms. The molecule has 254 valence electrons. The molecule has 2 saturated carbocycles. The van der Waals surface area contributed by atoms with Gasteiger partial charge in [0.25, 0.3) is 0 Å². The lowest BCUT2D eigenvalue weighted by molar-refractivity contribution is -0.134. The van der Waals surface area contributed by atoms with Crippen LogP contribution in [0.25, 0.3) is 0 Å². The Kier molecular flexibility index (Phi) is 11.5. The zero-order valence-corrected chi connectivity index (χ0v) is 33.5. The highest BCUT2D eigenvalue weighted by atomic mass is 28.4. The monoisotopic (exact) mass is 646 g/mol. The number of hydrogen-bond acceptors (Lipinski definition) is 4. The minimum atomic E-state index is -1.92. The normalized spacial score (nSPS) is 34.5. The number of hydrogen-bond donors (Lipinski definition) is 0. The second kappa shape index (κ2) is 13.4. The lowest BCUT2D eigenvalue weighted by atomic mass is 9.48. The van der Waals surface area contributed by atoms with Gasteiger partial charge >= 0.3 is 5.97 Å². The summed E-state index contributed by atoms with van der Waals surface area (Å²) in [5.41, 5.74) is 1.89. The first-order valence-corrected chi connectivity index (χ1v) is 23.6. The van der Waals surface area contributed by atoms with Crippen molar-refractivity contribution >= 4 is 22.6 Å². The fourth-order valence-corrected chi connectivity index (χ4v) is 10.6. The summed E-state index contributed by atoms with van der Waals surface area (Å²) in [4.78, 5) is 11.9. The first kappa shape index (κ1) is 37.8. The first-order chi connectivity index (χ1) is 20.0. The van der Waals surface area contributed by atoms with Gasteiger partial charge in [0.1, 0.15) is 0 Å². The van der Waals surface area contributed by atoms with Gasteiger partial charge in [0.05, 0.1) is 7.11 Å². The maximum Gasteiger partial charge on any atom is 0.330 e. The molecule has 0 heterocycles. The molecule has 3 rings (SSSR count). The summed E-state index contributed by atoms with van der Waals surface area (Å²) in [6, 6.07) is 0. The SMILES string of the molecule is COC(=O)/C=C/[C@@H](C)C1=CCC2[C@H](CO[Si](C)(C)C(C)(C)C)C([C@@]3(C)CC[C@H](C)C[C@@H]3CO[Si](C)(C)C(C)(C)C)CC[C@]12C. The van der Waals surface area contributed by atoms with Gasteiger partial charge in [-0.15, -0.1) is 0 Å². The van der Waals surface area contributed by atoms with Crippen molar-refractivity contribution in [3.8, 4) is 0 Å². The molecule has 8 atom stereocenters. The number of carbonyl (C=O) groups is 1. The lowest BCUT2D eigenvalue weighted by Crippen LogP contribution is -2.54. The average Bonchev–Trinajstić information content (AvgIpc) is 3.26. The summed E-state index contributed by atoms with van der Waals surface area (Å²) in [6.45, 7) is 35.5. The van der Waals surface area contributed by atoms with Crippen LogP contribution in [0, 0.1) is 46.3 Å². The summed E-state index contributed by atoms with van der Waals surface area (Å²) in [5, 5.41) is 0.414. The van der Waals surface area contributed by atoms with Crippen LogP contribution in [0.15, 0.2) is 23.8 Å². The van der Waals surface area contributed by atoms with E-state index >= 15 is 0 Å². The van der Waals surface area contributed by atoms with Crippen LogP contribution in [0.1, 0.15) is 108 Å².